The van der Waals surface area contributed by atoms with Gasteiger partial charge in [-0.3, -0.25) is 0 Å². The molecule has 0 radical (unpaired) electrons. The van der Waals surface area contributed by atoms with Crippen LogP contribution in [0, 0.1) is 5.92 Å². The topological polar surface area (TPSA) is 78.1 Å². The third-order valence-corrected chi connectivity index (χ3v) is 3.77. The molecule has 2 heterocycles. The first-order valence-electron chi connectivity index (χ1n) is 6.34. The van der Waals surface area contributed by atoms with E-state index in [1.54, 1.807) is 18.4 Å². The lowest BCUT2D eigenvalue weighted by Crippen LogP contribution is -2.41. The second kappa shape index (κ2) is 4.24. The number of furan rings is 1. The van der Waals surface area contributed by atoms with Gasteiger partial charge in [0.15, 0.2) is 11.6 Å². The molecule has 0 bridgehead atoms. The molecule has 2 aromatic rings. The van der Waals surface area contributed by atoms with Crippen LogP contribution in [0.3, 0.4) is 0 Å². The number of hydrogen-bond acceptors (Lipinski definition) is 5. The van der Waals surface area contributed by atoms with E-state index in [1.165, 1.54) is 0 Å². The summed E-state index contributed by atoms with van der Waals surface area (Å²) in [6, 6.07) is 3.59. The van der Waals surface area contributed by atoms with Crippen LogP contribution in [-0.4, -0.2) is 10.1 Å². The predicted octanol–water partition coefficient (Wildman–Crippen LogP) is 2.69. The molecule has 0 saturated heterocycles. The van der Waals surface area contributed by atoms with Gasteiger partial charge in [0.2, 0.25) is 0 Å². The van der Waals surface area contributed by atoms with Gasteiger partial charge in [-0.05, 0) is 43.7 Å². The van der Waals surface area contributed by atoms with Crippen molar-refractivity contribution in [2.24, 2.45) is 11.7 Å². The standard InChI is InChI=1S/C13H17N3O2/c1-9-4-6-13(14,7-5-9)12-15-11(18-16-12)10-3-2-8-17-10/h2-3,8-9H,4-7,14H2,1H3. The molecular formula is C13H17N3O2. The summed E-state index contributed by atoms with van der Waals surface area (Å²) in [6.07, 6.45) is 5.62. The largest absolute Gasteiger partial charge is 0.459 e. The Morgan fingerprint density at radius 1 is 1.39 bits per heavy atom. The number of nitrogens with two attached hydrogens (primary N) is 1. The lowest BCUT2D eigenvalue weighted by molar-refractivity contribution is 0.230. The van der Waals surface area contributed by atoms with Gasteiger partial charge >= 0.3 is 0 Å². The lowest BCUT2D eigenvalue weighted by atomic mass is 9.77. The molecule has 3 rings (SSSR count). The molecule has 96 valence electrons. The number of hydrogen-bond donors (Lipinski definition) is 1. The minimum absolute atomic E-state index is 0.401. The van der Waals surface area contributed by atoms with Gasteiger partial charge < -0.3 is 14.7 Å². The molecule has 0 aromatic carbocycles. The summed E-state index contributed by atoms with van der Waals surface area (Å²) in [7, 11) is 0. The quantitative estimate of drug-likeness (QED) is 0.882. The van der Waals surface area contributed by atoms with Gasteiger partial charge in [-0.15, -0.1) is 0 Å². The Kier molecular flexibility index (Phi) is 2.70. The molecule has 0 spiro atoms. The van der Waals surface area contributed by atoms with E-state index in [0.717, 1.165) is 31.6 Å². The van der Waals surface area contributed by atoms with Crippen LogP contribution >= 0.6 is 0 Å². The summed E-state index contributed by atoms with van der Waals surface area (Å²) in [4.78, 5) is 4.38. The van der Waals surface area contributed by atoms with Crippen molar-refractivity contribution >= 4 is 0 Å². The summed E-state index contributed by atoms with van der Waals surface area (Å²) in [5.41, 5.74) is 5.95. The van der Waals surface area contributed by atoms with Gasteiger partial charge in [0.25, 0.3) is 5.89 Å². The van der Waals surface area contributed by atoms with Gasteiger partial charge in [0.05, 0.1) is 11.8 Å². The highest BCUT2D eigenvalue weighted by molar-refractivity contribution is 5.43. The van der Waals surface area contributed by atoms with Crippen LogP contribution in [0.5, 0.6) is 0 Å². The van der Waals surface area contributed by atoms with E-state index < -0.39 is 5.54 Å². The number of rotatable bonds is 2. The molecule has 5 heteroatoms. The van der Waals surface area contributed by atoms with E-state index >= 15 is 0 Å². The smallest absolute Gasteiger partial charge is 0.293 e. The van der Waals surface area contributed by atoms with E-state index in [9.17, 15) is 0 Å². The Morgan fingerprint density at radius 2 is 2.17 bits per heavy atom. The van der Waals surface area contributed by atoms with Crippen molar-refractivity contribution < 1.29 is 8.94 Å². The van der Waals surface area contributed by atoms with E-state index in [-0.39, 0.29) is 0 Å². The maximum Gasteiger partial charge on any atom is 0.293 e. The lowest BCUT2D eigenvalue weighted by Gasteiger charge is -2.33. The highest BCUT2D eigenvalue weighted by atomic mass is 16.5. The van der Waals surface area contributed by atoms with Crippen molar-refractivity contribution in [3.8, 4) is 11.7 Å². The molecule has 0 amide bonds. The summed E-state index contributed by atoms with van der Waals surface area (Å²) in [6.45, 7) is 2.25. The molecule has 18 heavy (non-hydrogen) atoms. The molecule has 2 aromatic heterocycles. The normalized spacial score (nSPS) is 28.4. The Hall–Kier alpha value is -1.62. The SMILES string of the molecule is CC1CCC(N)(c2noc(-c3ccco3)n2)CC1. The van der Waals surface area contributed by atoms with Gasteiger partial charge in [0, 0.05) is 0 Å². The van der Waals surface area contributed by atoms with Gasteiger partial charge in [-0.25, -0.2) is 0 Å². The fourth-order valence-corrected chi connectivity index (χ4v) is 2.43. The number of aromatic nitrogens is 2. The van der Waals surface area contributed by atoms with Gasteiger partial charge in [-0.1, -0.05) is 12.1 Å². The van der Waals surface area contributed by atoms with Crippen LogP contribution in [0.4, 0.5) is 0 Å². The Labute approximate surface area is 105 Å². The second-order valence-corrected chi connectivity index (χ2v) is 5.24. The molecule has 0 atom stereocenters. The average Bonchev–Trinajstić information content (AvgIpc) is 3.01. The third-order valence-electron chi connectivity index (χ3n) is 3.77. The van der Waals surface area contributed by atoms with Crippen LogP contribution in [-0.2, 0) is 5.54 Å². The third kappa shape index (κ3) is 1.95. The maximum atomic E-state index is 6.39. The first-order chi connectivity index (χ1) is 8.67. The molecule has 0 aliphatic heterocycles. The fourth-order valence-electron chi connectivity index (χ4n) is 2.43. The number of nitrogens with zero attached hydrogens (tertiary/aromatic N) is 2. The maximum absolute atomic E-state index is 6.39. The van der Waals surface area contributed by atoms with Crippen LogP contribution < -0.4 is 5.73 Å². The molecular weight excluding hydrogens is 230 g/mol. The van der Waals surface area contributed by atoms with Crippen molar-refractivity contribution in [3.63, 3.8) is 0 Å². The monoisotopic (exact) mass is 247 g/mol. The summed E-state index contributed by atoms with van der Waals surface area (Å²) in [5.74, 6) is 2.32. The zero-order chi connectivity index (χ0) is 12.6. The first-order valence-corrected chi connectivity index (χ1v) is 6.34. The Morgan fingerprint density at radius 3 is 2.83 bits per heavy atom. The van der Waals surface area contributed by atoms with Crippen LogP contribution in [0.15, 0.2) is 27.3 Å². The van der Waals surface area contributed by atoms with Crippen LogP contribution in [0.2, 0.25) is 0 Å². The minimum atomic E-state index is -0.444. The van der Waals surface area contributed by atoms with Crippen LogP contribution in [0.1, 0.15) is 38.4 Å². The van der Waals surface area contributed by atoms with E-state index in [0.29, 0.717) is 17.5 Å². The van der Waals surface area contributed by atoms with Crippen molar-refractivity contribution in [2.45, 2.75) is 38.1 Å². The van der Waals surface area contributed by atoms with E-state index in [2.05, 4.69) is 17.1 Å². The Balaban J connectivity index is 1.85. The molecule has 1 aliphatic rings. The second-order valence-electron chi connectivity index (χ2n) is 5.24. The van der Waals surface area contributed by atoms with Gasteiger partial charge in [-0.2, -0.15) is 4.98 Å². The molecule has 1 saturated carbocycles. The molecule has 5 nitrogen and oxygen atoms in total. The molecule has 1 aliphatic carbocycles. The van der Waals surface area contributed by atoms with E-state index in [4.69, 9.17) is 14.7 Å². The summed E-state index contributed by atoms with van der Waals surface area (Å²) >= 11 is 0. The average molecular weight is 247 g/mol. The highest BCUT2D eigenvalue weighted by Gasteiger charge is 2.36. The van der Waals surface area contributed by atoms with Crippen molar-refractivity contribution in [2.75, 3.05) is 0 Å². The highest BCUT2D eigenvalue weighted by Crippen LogP contribution is 2.36. The first kappa shape index (κ1) is 11.5. The summed E-state index contributed by atoms with van der Waals surface area (Å²) in [5, 5.41) is 4.02. The van der Waals surface area contributed by atoms with Crippen LogP contribution in [0.25, 0.3) is 11.7 Å². The predicted molar refractivity (Wildman–Crippen MR) is 65.5 cm³/mol. The van der Waals surface area contributed by atoms with Gasteiger partial charge in [0.1, 0.15) is 0 Å². The zero-order valence-corrected chi connectivity index (χ0v) is 10.4. The van der Waals surface area contributed by atoms with Crippen molar-refractivity contribution in [1.82, 2.24) is 10.1 Å². The summed E-state index contributed by atoms with van der Waals surface area (Å²) < 4.78 is 10.5. The molecule has 1 fully saturated rings. The molecule has 2 N–H and O–H groups in total. The Bertz CT molecular complexity index is 510. The minimum Gasteiger partial charge on any atom is -0.459 e. The molecule has 0 unspecified atom stereocenters. The zero-order valence-electron chi connectivity index (χ0n) is 10.4. The van der Waals surface area contributed by atoms with Crippen molar-refractivity contribution in [1.29, 1.82) is 0 Å². The van der Waals surface area contributed by atoms with E-state index in [1.807, 2.05) is 0 Å². The van der Waals surface area contributed by atoms with Crippen molar-refractivity contribution in [3.05, 3.63) is 24.2 Å². The fraction of sp³-hybridized carbons (Fsp3) is 0.538.